The molecule has 3 nitrogen and oxygen atoms in total. The third-order valence-electron chi connectivity index (χ3n) is 3.23. The van der Waals surface area contributed by atoms with Crippen molar-refractivity contribution >= 4 is 10.9 Å². The number of aromatic nitrogens is 1. The van der Waals surface area contributed by atoms with Crippen LogP contribution in [-0.4, -0.2) is 10.1 Å². The lowest BCUT2D eigenvalue weighted by molar-refractivity contribution is -0.137. The Hall–Kier alpha value is -2.00. The number of benzene rings is 1. The second-order valence-electron chi connectivity index (χ2n) is 5.24. The average Bonchev–Trinajstić information content (AvgIpc) is 2.63. The molecule has 1 aromatic heterocycles. The molecule has 6 heteroatoms. The van der Waals surface area contributed by atoms with Crippen molar-refractivity contribution in [3.8, 4) is 6.07 Å². The minimum Gasteiger partial charge on any atom is -0.384 e. The van der Waals surface area contributed by atoms with Crippen LogP contribution in [0, 0.1) is 18.3 Å². The fourth-order valence-electron chi connectivity index (χ4n) is 2.32. The molecular formula is C14H13F3N2O. The van der Waals surface area contributed by atoms with Crippen LogP contribution in [0.1, 0.15) is 36.2 Å². The summed E-state index contributed by atoms with van der Waals surface area (Å²) in [6.07, 6.45) is -4.59. The van der Waals surface area contributed by atoms with Gasteiger partial charge in [0, 0.05) is 10.9 Å². The number of fused-ring (bicyclic) bond motifs is 1. The highest BCUT2D eigenvalue weighted by Crippen LogP contribution is 2.37. The fourth-order valence-corrected chi connectivity index (χ4v) is 2.32. The van der Waals surface area contributed by atoms with Crippen molar-refractivity contribution in [2.75, 3.05) is 0 Å². The molecule has 0 aliphatic heterocycles. The molecule has 1 aromatic carbocycles. The number of nitrogens with one attached hydrogen (secondary N) is 1. The monoisotopic (exact) mass is 282 g/mol. The van der Waals surface area contributed by atoms with E-state index in [1.165, 1.54) is 6.07 Å². The number of hydrogen-bond acceptors (Lipinski definition) is 2. The maximum atomic E-state index is 12.9. The summed E-state index contributed by atoms with van der Waals surface area (Å²) < 4.78 is 38.7. The number of nitriles is 1. The molecule has 0 unspecified atom stereocenters. The van der Waals surface area contributed by atoms with Crippen molar-refractivity contribution in [3.05, 3.63) is 34.5 Å². The van der Waals surface area contributed by atoms with E-state index in [0.717, 1.165) is 6.07 Å². The van der Waals surface area contributed by atoms with Gasteiger partial charge in [0.25, 0.3) is 0 Å². The summed E-state index contributed by atoms with van der Waals surface area (Å²) in [6.45, 7) is 4.78. The molecule has 2 rings (SSSR count). The first-order valence-corrected chi connectivity index (χ1v) is 5.92. The van der Waals surface area contributed by atoms with Gasteiger partial charge >= 0.3 is 6.18 Å². The quantitative estimate of drug-likeness (QED) is 0.839. The lowest BCUT2D eigenvalue weighted by Crippen LogP contribution is -2.17. The summed E-state index contributed by atoms with van der Waals surface area (Å²) in [5.41, 5.74) is -1.27. The van der Waals surface area contributed by atoms with Crippen molar-refractivity contribution < 1.29 is 18.3 Å². The van der Waals surface area contributed by atoms with Crippen molar-refractivity contribution in [2.45, 2.75) is 32.5 Å². The van der Waals surface area contributed by atoms with Gasteiger partial charge in [0.05, 0.1) is 28.5 Å². The first-order chi connectivity index (χ1) is 9.05. The summed E-state index contributed by atoms with van der Waals surface area (Å²) in [6, 6.07) is 3.69. The van der Waals surface area contributed by atoms with E-state index in [0.29, 0.717) is 16.6 Å². The second-order valence-corrected chi connectivity index (χ2v) is 5.24. The highest BCUT2D eigenvalue weighted by Gasteiger charge is 2.34. The van der Waals surface area contributed by atoms with E-state index >= 15 is 0 Å². The van der Waals surface area contributed by atoms with Gasteiger partial charge < -0.3 is 10.1 Å². The van der Waals surface area contributed by atoms with Crippen LogP contribution in [0.3, 0.4) is 0 Å². The van der Waals surface area contributed by atoms with Crippen molar-refractivity contribution in [3.63, 3.8) is 0 Å². The number of halogens is 3. The molecule has 0 aliphatic carbocycles. The van der Waals surface area contributed by atoms with Gasteiger partial charge in [-0.05, 0) is 38.5 Å². The number of nitrogens with zero attached hydrogens (tertiary/aromatic N) is 1. The zero-order chi connectivity index (χ0) is 15.3. The Morgan fingerprint density at radius 1 is 1.25 bits per heavy atom. The first-order valence-electron chi connectivity index (χ1n) is 5.92. The minimum absolute atomic E-state index is 0.256. The summed E-state index contributed by atoms with van der Waals surface area (Å²) in [4.78, 5) is 2.81. The summed E-state index contributed by atoms with van der Waals surface area (Å²) in [5, 5.41) is 19.4. The SMILES string of the molecule is Cc1c(C(C)(C)O)[nH]c2cc(C(F)(F)F)c(C#N)cc12. The molecule has 0 amide bonds. The van der Waals surface area contributed by atoms with E-state index in [2.05, 4.69) is 4.98 Å². The molecule has 106 valence electrons. The van der Waals surface area contributed by atoms with E-state index in [-0.39, 0.29) is 5.52 Å². The molecule has 20 heavy (non-hydrogen) atoms. The third-order valence-corrected chi connectivity index (χ3v) is 3.23. The average molecular weight is 282 g/mol. The van der Waals surface area contributed by atoms with Gasteiger partial charge in [0.2, 0.25) is 0 Å². The standard InChI is InChI=1S/C14H13F3N2O/c1-7-9-4-8(6-18)10(14(15,16)17)5-11(9)19-12(7)13(2,3)20/h4-5,19-20H,1-3H3. The Balaban J connectivity index is 2.82. The molecule has 2 N–H and O–H groups in total. The fraction of sp³-hybridized carbons (Fsp3) is 0.357. The number of H-pyrrole nitrogens is 1. The zero-order valence-corrected chi connectivity index (χ0v) is 11.2. The van der Waals surface area contributed by atoms with Crippen molar-refractivity contribution in [1.29, 1.82) is 5.26 Å². The largest absolute Gasteiger partial charge is 0.417 e. The number of alkyl halides is 3. The zero-order valence-electron chi connectivity index (χ0n) is 11.2. The summed E-state index contributed by atoms with van der Waals surface area (Å²) in [7, 11) is 0. The Morgan fingerprint density at radius 3 is 2.30 bits per heavy atom. The molecule has 2 aromatic rings. The number of aryl methyl sites for hydroxylation is 1. The molecule has 0 spiro atoms. The Morgan fingerprint density at radius 2 is 1.85 bits per heavy atom. The predicted molar refractivity (Wildman–Crippen MR) is 68.0 cm³/mol. The van der Waals surface area contributed by atoms with Gasteiger partial charge in [-0.1, -0.05) is 0 Å². The topological polar surface area (TPSA) is 59.8 Å². The van der Waals surface area contributed by atoms with Crippen molar-refractivity contribution in [2.24, 2.45) is 0 Å². The smallest absolute Gasteiger partial charge is 0.384 e. The number of rotatable bonds is 1. The highest BCUT2D eigenvalue weighted by molar-refractivity contribution is 5.87. The third kappa shape index (κ3) is 2.25. The molecule has 0 radical (unpaired) electrons. The van der Waals surface area contributed by atoms with Gasteiger partial charge in [-0.2, -0.15) is 18.4 Å². The molecule has 0 saturated heterocycles. The van der Waals surface area contributed by atoms with Crippen LogP contribution in [0.5, 0.6) is 0 Å². The van der Waals surface area contributed by atoms with Crippen LogP contribution in [0.25, 0.3) is 10.9 Å². The molecule has 0 fully saturated rings. The minimum atomic E-state index is -4.59. The number of aromatic amines is 1. The predicted octanol–water partition coefficient (Wildman–Crippen LogP) is 3.59. The highest BCUT2D eigenvalue weighted by atomic mass is 19.4. The van der Waals surface area contributed by atoms with Gasteiger partial charge in [-0.25, -0.2) is 0 Å². The lowest BCUT2D eigenvalue weighted by atomic mass is 9.99. The second kappa shape index (κ2) is 4.25. The normalized spacial score (nSPS) is 12.7. The first kappa shape index (κ1) is 14.4. The van der Waals surface area contributed by atoms with E-state index in [1.807, 2.05) is 0 Å². The van der Waals surface area contributed by atoms with Gasteiger partial charge in [-0.15, -0.1) is 0 Å². The Kier molecular flexibility index (Phi) is 3.06. The molecule has 1 heterocycles. The van der Waals surface area contributed by atoms with E-state index in [4.69, 9.17) is 5.26 Å². The van der Waals surface area contributed by atoms with E-state index in [9.17, 15) is 18.3 Å². The maximum Gasteiger partial charge on any atom is 0.417 e. The van der Waals surface area contributed by atoms with E-state index in [1.54, 1.807) is 26.8 Å². The number of hydrogen-bond donors (Lipinski definition) is 2. The van der Waals surface area contributed by atoms with Crippen LogP contribution < -0.4 is 0 Å². The molecule has 0 aliphatic rings. The summed E-state index contributed by atoms with van der Waals surface area (Å²) >= 11 is 0. The van der Waals surface area contributed by atoms with Crippen LogP contribution in [-0.2, 0) is 11.8 Å². The van der Waals surface area contributed by atoms with Crippen LogP contribution in [0.15, 0.2) is 12.1 Å². The van der Waals surface area contributed by atoms with Gasteiger partial charge in [-0.3, -0.25) is 0 Å². The number of aliphatic hydroxyl groups is 1. The van der Waals surface area contributed by atoms with Gasteiger partial charge in [0.15, 0.2) is 0 Å². The van der Waals surface area contributed by atoms with E-state index < -0.39 is 22.9 Å². The van der Waals surface area contributed by atoms with Crippen LogP contribution >= 0.6 is 0 Å². The van der Waals surface area contributed by atoms with Crippen molar-refractivity contribution in [1.82, 2.24) is 4.98 Å². The Labute approximate surface area is 113 Å². The van der Waals surface area contributed by atoms with Gasteiger partial charge in [0.1, 0.15) is 0 Å². The van der Waals surface area contributed by atoms with Crippen LogP contribution in [0.4, 0.5) is 13.2 Å². The molecular weight excluding hydrogens is 269 g/mol. The lowest BCUT2D eigenvalue weighted by Gasteiger charge is -2.16. The molecule has 0 bridgehead atoms. The molecule has 0 saturated carbocycles. The van der Waals surface area contributed by atoms with Crippen LogP contribution in [0.2, 0.25) is 0 Å². The molecule has 0 atom stereocenters. The Bertz CT molecular complexity index is 715. The maximum absolute atomic E-state index is 12.9. The summed E-state index contributed by atoms with van der Waals surface area (Å²) in [5.74, 6) is 0.